The van der Waals surface area contributed by atoms with Crippen molar-refractivity contribution in [3.05, 3.63) is 70.0 Å². The minimum Gasteiger partial charge on any atom is -0.493 e. The standard InChI is InChI=1S/C24H26F3N5O3S/c1-15-22(34)32(17-3-5-18(6-4-17)36-24(25,26)27)23(35)31(15)21(29-14-33)19-7-10-28-13-20(19)16-8-11-30(2)12-9-16/h3-7,10,13-14,16,21,34H,8-9,11-12H2,1-2H3,(H,29,33). The molecular formula is C24H26F3N5O3S. The van der Waals surface area contributed by atoms with E-state index in [0.29, 0.717) is 12.0 Å². The molecule has 1 amide bonds. The van der Waals surface area contributed by atoms with Gasteiger partial charge in [0, 0.05) is 22.9 Å². The maximum absolute atomic E-state index is 13.5. The number of thioether (sulfide) groups is 1. The molecular weight excluding hydrogens is 495 g/mol. The summed E-state index contributed by atoms with van der Waals surface area (Å²) in [6.45, 7) is 3.35. The van der Waals surface area contributed by atoms with Gasteiger partial charge in [-0.15, -0.1) is 0 Å². The zero-order chi connectivity index (χ0) is 26.0. The number of aromatic hydroxyl groups is 1. The number of carbonyl (C=O) groups is 1. The largest absolute Gasteiger partial charge is 0.493 e. The number of rotatable bonds is 7. The average Bonchev–Trinajstić information content (AvgIpc) is 3.06. The number of hydrogen-bond acceptors (Lipinski definition) is 6. The van der Waals surface area contributed by atoms with Gasteiger partial charge in [-0.2, -0.15) is 13.2 Å². The Balaban J connectivity index is 1.77. The van der Waals surface area contributed by atoms with Crippen molar-refractivity contribution in [1.82, 2.24) is 24.3 Å². The van der Waals surface area contributed by atoms with Gasteiger partial charge < -0.3 is 15.3 Å². The zero-order valence-corrected chi connectivity index (χ0v) is 20.5. The second-order valence-electron chi connectivity index (χ2n) is 8.71. The molecule has 3 aromatic rings. The quantitative estimate of drug-likeness (QED) is 0.363. The van der Waals surface area contributed by atoms with Crippen LogP contribution >= 0.6 is 11.8 Å². The van der Waals surface area contributed by atoms with Crippen molar-refractivity contribution >= 4 is 18.2 Å². The molecule has 2 N–H and O–H groups in total. The van der Waals surface area contributed by atoms with Gasteiger partial charge in [0.1, 0.15) is 6.17 Å². The van der Waals surface area contributed by atoms with Crippen LogP contribution in [0.2, 0.25) is 0 Å². The summed E-state index contributed by atoms with van der Waals surface area (Å²) < 4.78 is 40.3. The Labute approximate surface area is 209 Å². The first-order chi connectivity index (χ1) is 17.1. The Morgan fingerprint density at radius 3 is 2.47 bits per heavy atom. The molecule has 8 nitrogen and oxygen atoms in total. The third kappa shape index (κ3) is 5.29. The van der Waals surface area contributed by atoms with Crippen LogP contribution in [0.4, 0.5) is 13.2 Å². The number of amides is 1. The van der Waals surface area contributed by atoms with Crippen LogP contribution in [0.25, 0.3) is 5.69 Å². The van der Waals surface area contributed by atoms with E-state index in [1.54, 1.807) is 18.5 Å². The number of halogens is 3. The fourth-order valence-corrected chi connectivity index (χ4v) is 5.18. The second kappa shape index (κ2) is 10.4. The van der Waals surface area contributed by atoms with Gasteiger partial charge in [-0.1, -0.05) is 0 Å². The van der Waals surface area contributed by atoms with Gasteiger partial charge in [0.15, 0.2) is 0 Å². The molecule has 12 heteroatoms. The van der Waals surface area contributed by atoms with Gasteiger partial charge in [-0.05, 0) is 93.5 Å². The van der Waals surface area contributed by atoms with Crippen LogP contribution in [0.5, 0.6) is 5.88 Å². The molecule has 1 aromatic carbocycles. The number of imidazole rings is 1. The van der Waals surface area contributed by atoms with Gasteiger partial charge in [0.25, 0.3) is 0 Å². The van der Waals surface area contributed by atoms with E-state index in [1.165, 1.54) is 35.8 Å². The van der Waals surface area contributed by atoms with E-state index in [-0.39, 0.29) is 39.8 Å². The second-order valence-corrected chi connectivity index (χ2v) is 9.85. The number of pyridine rings is 1. The topological polar surface area (TPSA) is 92.4 Å². The number of hydrogen-bond donors (Lipinski definition) is 2. The van der Waals surface area contributed by atoms with Gasteiger partial charge in [-0.25, -0.2) is 9.36 Å². The Hall–Kier alpha value is -3.25. The van der Waals surface area contributed by atoms with Gasteiger partial charge >= 0.3 is 11.2 Å². The van der Waals surface area contributed by atoms with Crippen molar-refractivity contribution in [3.8, 4) is 11.6 Å². The Morgan fingerprint density at radius 1 is 1.19 bits per heavy atom. The molecule has 1 unspecified atom stereocenters. The monoisotopic (exact) mass is 521 g/mol. The van der Waals surface area contributed by atoms with E-state index in [0.717, 1.165) is 36.1 Å². The van der Waals surface area contributed by atoms with Gasteiger partial charge in [0.05, 0.1) is 11.4 Å². The van der Waals surface area contributed by atoms with Crippen molar-refractivity contribution in [3.63, 3.8) is 0 Å². The molecule has 0 radical (unpaired) electrons. The summed E-state index contributed by atoms with van der Waals surface area (Å²) >= 11 is -0.268. The highest BCUT2D eigenvalue weighted by atomic mass is 32.2. The molecule has 1 aliphatic heterocycles. The van der Waals surface area contributed by atoms with E-state index in [9.17, 15) is 27.9 Å². The van der Waals surface area contributed by atoms with Crippen molar-refractivity contribution in [2.45, 2.75) is 42.3 Å². The van der Waals surface area contributed by atoms with Crippen LogP contribution in [-0.4, -0.2) is 56.2 Å². The molecule has 1 atom stereocenters. The number of nitrogens with zero attached hydrogens (tertiary/aromatic N) is 4. The molecule has 36 heavy (non-hydrogen) atoms. The van der Waals surface area contributed by atoms with Crippen LogP contribution < -0.4 is 11.0 Å². The summed E-state index contributed by atoms with van der Waals surface area (Å²) in [4.78, 5) is 31.6. The predicted octanol–water partition coefficient (Wildman–Crippen LogP) is 3.76. The summed E-state index contributed by atoms with van der Waals surface area (Å²) in [5.41, 5.74) is -3.10. The fraction of sp³-hybridized carbons (Fsp3) is 0.375. The molecule has 1 saturated heterocycles. The van der Waals surface area contributed by atoms with E-state index in [1.807, 2.05) is 0 Å². The van der Waals surface area contributed by atoms with E-state index in [2.05, 4.69) is 22.2 Å². The number of piperidine rings is 1. The minimum atomic E-state index is -4.44. The number of alkyl halides is 3. The average molecular weight is 522 g/mol. The zero-order valence-electron chi connectivity index (χ0n) is 19.7. The van der Waals surface area contributed by atoms with Crippen LogP contribution in [0.15, 0.2) is 52.4 Å². The van der Waals surface area contributed by atoms with Crippen molar-refractivity contribution in [2.75, 3.05) is 20.1 Å². The lowest BCUT2D eigenvalue weighted by Gasteiger charge is -2.31. The Bertz CT molecular complexity index is 1280. The predicted molar refractivity (Wildman–Crippen MR) is 129 cm³/mol. The first-order valence-corrected chi connectivity index (χ1v) is 12.1. The molecule has 1 aliphatic rings. The highest BCUT2D eigenvalue weighted by Gasteiger charge is 2.31. The fourth-order valence-electron chi connectivity index (χ4n) is 4.64. The third-order valence-electron chi connectivity index (χ3n) is 6.45. The van der Waals surface area contributed by atoms with Crippen LogP contribution in [0, 0.1) is 6.92 Å². The Kier molecular flexibility index (Phi) is 7.46. The van der Waals surface area contributed by atoms with Gasteiger partial charge in [-0.3, -0.25) is 14.3 Å². The molecule has 1 fully saturated rings. The molecule has 0 bridgehead atoms. The van der Waals surface area contributed by atoms with Crippen molar-refractivity contribution in [1.29, 1.82) is 0 Å². The van der Waals surface area contributed by atoms with Crippen LogP contribution in [-0.2, 0) is 4.79 Å². The minimum absolute atomic E-state index is 0.0463. The number of carbonyl (C=O) groups excluding carboxylic acids is 1. The first-order valence-electron chi connectivity index (χ1n) is 11.3. The summed E-state index contributed by atoms with van der Waals surface area (Å²) in [6.07, 6.45) is 4.70. The summed E-state index contributed by atoms with van der Waals surface area (Å²) in [7, 11) is 2.06. The van der Waals surface area contributed by atoms with Crippen LogP contribution in [0.3, 0.4) is 0 Å². The maximum atomic E-state index is 13.5. The first kappa shape index (κ1) is 25.8. The Morgan fingerprint density at radius 2 is 1.86 bits per heavy atom. The SMILES string of the molecule is Cc1c(O)n(-c2ccc(SC(F)(F)F)cc2)c(=O)n1C(NC=O)c1ccncc1C1CCN(C)CC1. The lowest BCUT2D eigenvalue weighted by atomic mass is 9.87. The normalized spacial score (nSPS) is 16.1. The number of likely N-dealkylation sites (tertiary alicyclic amines) is 1. The molecule has 192 valence electrons. The maximum Gasteiger partial charge on any atom is 0.446 e. The van der Waals surface area contributed by atoms with E-state index >= 15 is 0 Å². The molecule has 3 heterocycles. The highest BCUT2D eigenvalue weighted by Crippen LogP contribution is 2.37. The van der Waals surface area contributed by atoms with E-state index < -0.39 is 17.4 Å². The van der Waals surface area contributed by atoms with E-state index in [4.69, 9.17) is 0 Å². The number of benzene rings is 1. The van der Waals surface area contributed by atoms with Crippen molar-refractivity contribution < 1.29 is 23.1 Å². The molecule has 4 rings (SSSR count). The summed E-state index contributed by atoms with van der Waals surface area (Å²) in [6, 6.07) is 6.87. The summed E-state index contributed by atoms with van der Waals surface area (Å²) in [5, 5.41) is 13.5. The number of aromatic nitrogens is 3. The third-order valence-corrected chi connectivity index (χ3v) is 7.19. The lowest BCUT2D eigenvalue weighted by molar-refractivity contribution is -0.110. The molecule has 2 aromatic heterocycles. The molecule has 0 saturated carbocycles. The molecule has 0 spiro atoms. The molecule has 0 aliphatic carbocycles. The smallest absolute Gasteiger partial charge is 0.446 e. The van der Waals surface area contributed by atoms with Crippen molar-refractivity contribution in [2.24, 2.45) is 0 Å². The number of nitrogens with one attached hydrogen (secondary N) is 1. The summed E-state index contributed by atoms with van der Waals surface area (Å²) in [5.74, 6) is -0.185. The van der Waals surface area contributed by atoms with Crippen LogP contribution in [0.1, 0.15) is 41.7 Å². The highest BCUT2D eigenvalue weighted by molar-refractivity contribution is 8.00. The lowest BCUT2D eigenvalue weighted by Crippen LogP contribution is -2.37. The van der Waals surface area contributed by atoms with Gasteiger partial charge in [0.2, 0.25) is 12.3 Å².